The Balaban J connectivity index is 1.58. The molecule has 0 aliphatic carbocycles. The molecule has 6 nitrogen and oxygen atoms in total. The van der Waals surface area contributed by atoms with Crippen molar-refractivity contribution in [3.63, 3.8) is 0 Å². The Morgan fingerprint density at radius 1 is 1.04 bits per heavy atom. The zero-order chi connectivity index (χ0) is 17.7. The van der Waals surface area contributed by atoms with Crippen molar-refractivity contribution in [2.75, 3.05) is 47.1 Å². The first-order valence-corrected chi connectivity index (χ1v) is 8.90. The first kappa shape index (κ1) is 19.3. The third kappa shape index (κ3) is 6.76. The minimum absolute atomic E-state index is 0.646. The average Bonchev–Trinajstić information content (AvgIpc) is 3.06. The van der Waals surface area contributed by atoms with Crippen molar-refractivity contribution < 1.29 is 9.47 Å². The molecule has 0 bridgehead atoms. The normalized spacial score (nSPS) is 11.8. The summed E-state index contributed by atoms with van der Waals surface area (Å²) in [6, 6.07) is 10.6. The van der Waals surface area contributed by atoms with Crippen molar-refractivity contribution in [2.24, 2.45) is 4.99 Å². The maximum atomic E-state index is 5.44. The molecule has 0 amide bonds. The third-order valence-electron chi connectivity index (χ3n) is 3.96. The van der Waals surface area contributed by atoms with E-state index in [0.29, 0.717) is 13.2 Å². The second kappa shape index (κ2) is 11.5. The van der Waals surface area contributed by atoms with E-state index in [2.05, 4.69) is 56.7 Å². The second-order valence-electron chi connectivity index (χ2n) is 5.81. The highest BCUT2D eigenvalue weighted by atomic mass is 16.5. The molecule has 0 saturated heterocycles. The maximum absolute atomic E-state index is 5.44. The van der Waals surface area contributed by atoms with Gasteiger partial charge in [0.15, 0.2) is 5.96 Å². The molecule has 0 unspecified atom stereocenters. The first-order chi connectivity index (χ1) is 12.3. The van der Waals surface area contributed by atoms with Crippen molar-refractivity contribution in [1.29, 1.82) is 0 Å². The minimum atomic E-state index is 0.646. The van der Waals surface area contributed by atoms with Gasteiger partial charge in [0.2, 0.25) is 0 Å². The van der Waals surface area contributed by atoms with E-state index in [1.165, 1.54) is 10.9 Å². The van der Waals surface area contributed by atoms with E-state index >= 15 is 0 Å². The predicted octanol–water partition coefficient (Wildman–Crippen LogP) is 2.25. The van der Waals surface area contributed by atoms with Gasteiger partial charge in [0.1, 0.15) is 0 Å². The quantitative estimate of drug-likeness (QED) is 0.372. The lowest BCUT2D eigenvalue weighted by Crippen LogP contribution is -2.38. The largest absolute Gasteiger partial charge is 0.382 e. The van der Waals surface area contributed by atoms with Crippen LogP contribution in [0.2, 0.25) is 0 Å². The molecule has 138 valence electrons. The third-order valence-corrected chi connectivity index (χ3v) is 3.96. The monoisotopic (exact) mass is 346 g/mol. The second-order valence-corrected chi connectivity index (χ2v) is 5.81. The molecule has 0 radical (unpaired) electrons. The van der Waals surface area contributed by atoms with Crippen LogP contribution in [0.5, 0.6) is 0 Å². The van der Waals surface area contributed by atoms with Crippen molar-refractivity contribution >= 4 is 16.9 Å². The van der Waals surface area contributed by atoms with Crippen LogP contribution in [0.15, 0.2) is 41.5 Å². The Hall–Kier alpha value is -2.05. The number of benzene rings is 1. The predicted molar refractivity (Wildman–Crippen MR) is 103 cm³/mol. The number of aliphatic imine (C=N–C) groups is 1. The molecule has 0 aliphatic rings. The van der Waals surface area contributed by atoms with Crippen LogP contribution in [0.1, 0.15) is 12.8 Å². The molecule has 1 aromatic carbocycles. The summed E-state index contributed by atoms with van der Waals surface area (Å²) < 4.78 is 12.7. The Labute approximate surface area is 150 Å². The number of aryl methyl sites for hydroxylation is 1. The lowest BCUT2D eigenvalue weighted by molar-refractivity contribution is 0.0698. The lowest BCUT2D eigenvalue weighted by atomic mass is 10.2. The number of para-hydroxylation sites is 1. The molecular formula is C19H30N4O2. The van der Waals surface area contributed by atoms with Gasteiger partial charge in [-0.3, -0.25) is 4.99 Å². The summed E-state index contributed by atoms with van der Waals surface area (Å²) in [7, 11) is 3.48. The fraction of sp³-hybridized carbons (Fsp3) is 0.526. The van der Waals surface area contributed by atoms with Crippen LogP contribution in [0.3, 0.4) is 0 Å². The summed E-state index contributed by atoms with van der Waals surface area (Å²) in [5.41, 5.74) is 1.29. The van der Waals surface area contributed by atoms with Crippen molar-refractivity contribution in [1.82, 2.24) is 15.2 Å². The molecule has 25 heavy (non-hydrogen) atoms. The van der Waals surface area contributed by atoms with Crippen LogP contribution >= 0.6 is 0 Å². The van der Waals surface area contributed by atoms with E-state index in [1.807, 2.05) is 0 Å². The van der Waals surface area contributed by atoms with E-state index in [9.17, 15) is 0 Å². The van der Waals surface area contributed by atoms with Gasteiger partial charge in [-0.1, -0.05) is 18.2 Å². The first-order valence-electron chi connectivity index (χ1n) is 8.90. The van der Waals surface area contributed by atoms with E-state index < -0.39 is 0 Å². The Kier molecular flexibility index (Phi) is 8.86. The van der Waals surface area contributed by atoms with Gasteiger partial charge in [0.25, 0.3) is 0 Å². The Morgan fingerprint density at radius 3 is 2.64 bits per heavy atom. The number of nitrogens with one attached hydrogen (secondary N) is 2. The molecule has 1 heterocycles. The maximum Gasteiger partial charge on any atom is 0.190 e. The number of ether oxygens (including phenoxy) is 2. The molecular weight excluding hydrogens is 316 g/mol. The Bertz CT molecular complexity index is 639. The average molecular weight is 346 g/mol. The molecule has 1 aromatic heterocycles. The number of fused-ring (bicyclic) bond motifs is 1. The summed E-state index contributed by atoms with van der Waals surface area (Å²) in [4.78, 5) is 4.25. The van der Waals surface area contributed by atoms with Crippen LogP contribution in [-0.2, 0) is 16.0 Å². The van der Waals surface area contributed by atoms with Crippen molar-refractivity contribution in [2.45, 2.75) is 19.4 Å². The van der Waals surface area contributed by atoms with Crippen LogP contribution in [0.25, 0.3) is 10.9 Å². The molecule has 0 aliphatic heterocycles. The standard InChI is InChI=1S/C19H30N4O2/c1-20-19(22-11-6-14-25-16-15-24-2)21-10-5-12-23-13-9-17-7-3-4-8-18(17)23/h3-4,7-9,13H,5-6,10-12,14-16H2,1-2H3,(H2,20,21,22). The van der Waals surface area contributed by atoms with Gasteiger partial charge >= 0.3 is 0 Å². The zero-order valence-corrected chi connectivity index (χ0v) is 15.3. The summed E-state index contributed by atoms with van der Waals surface area (Å²) in [5.74, 6) is 0.842. The minimum Gasteiger partial charge on any atom is -0.382 e. The highest BCUT2D eigenvalue weighted by Crippen LogP contribution is 2.15. The summed E-state index contributed by atoms with van der Waals surface area (Å²) in [5, 5.41) is 7.95. The van der Waals surface area contributed by atoms with Crippen LogP contribution in [0, 0.1) is 0 Å². The number of hydrogen-bond acceptors (Lipinski definition) is 3. The molecule has 0 atom stereocenters. The molecule has 0 spiro atoms. The van der Waals surface area contributed by atoms with Crippen LogP contribution in [0.4, 0.5) is 0 Å². The number of guanidine groups is 1. The number of methoxy groups -OCH3 is 1. The van der Waals surface area contributed by atoms with Gasteiger partial charge in [-0.25, -0.2) is 0 Å². The molecule has 0 fully saturated rings. The molecule has 0 saturated carbocycles. The lowest BCUT2D eigenvalue weighted by Gasteiger charge is -2.12. The number of hydrogen-bond donors (Lipinski definition) is 2. The highest BCUT2D eigenvalue weighted by molar-refractivity contribution is 5.80. The number of rotatable bonds is 11. The number of aromatic nitrogens is 1. The summed E-state index contributed by atoms with van der Waals surface area (Å²) in [6.45, 7) is 4.75. The smallest absolute Gasteiger partial charge is 0.190 e. The van der Waals surface area contributed by atoms with Crippen LogP contribution < -0.4 is 10.6 Å². The van der Waals surface area contributed by atoms with Gasteiger partial charge in [0, 0.05) is 52.1 Å². The fourth-order valence-corrected chi connectivity index (χ4v) is 2.64. The van der Waals surface area contributed by atoms with Crippen molar-refractivity contribution in [3.05, 3.63) is 36.5 Å². The summed E-state index contributed by atoms with van der Waals surface area (Å²) in [6.07, 6.45) is 4.14. The van der Waals surface area contributed by atoms with Gasteiger partial charge in [-0.2, -0.15) is 0 Å². The topological polar surface area (TPSA) is 59.8 Å². The van der Waals surface area contributed by atoms with Gasteiger partial charge in [-0.15, -0.1) is 0 Å². The van der Waals surface area contributed by atoms with Gasteiger partial charge < -0.3 is 24.7 Å². The van der Waals surface area contributed by atoms with E-state index in [4.69, 9.17) is 9.47 Å². The molecule has 2 rings (SSSR count). The SMILES string of the molecule is CN=C(NCCCOCCOC)NCCCn1ccc2ccccc21. The Morgan fingerprint density at radius 2 is 1.84 bits per heavy atom. The summed E-state index contributed by atoms with van der Waals surface area (Å²) >= 11 is 0. The molecule has 2 aromatic rings. The van der Waals surface area contributed by atoms with Crippen molar-refractivity contribution in [3.8, 4) is 0 Å². The highest BCUT2D eigenvalue weighted by Gasteiger charge is 2.00. The van der Waals surface area contributed by atoms with Crippen LogP contribution in [-0.4, -0.2) is 57.6 Å². The van der Waals surface area contributed by atoms with Gasteiger partial charge in [-0.05, 0) is 30.4 Å². The van der Waals surface area contributed by atoms with E-state index in [0.717, 1.165) is 45.0 Å². The molecule has 6 heteroatoms. The van der Waals surface area contributed by atoms with E-state index in [1.54, 1.807) is 14.2 Å². The van der Waals surface area contributed by atoms with Gasteiger partial charge in [0.05, 0.1) is 13.2 Å². The zero-order valence-electron chi connectivity index (χ0n) is 15.3. The molecule has 2 N–H and O–H groups in total. The fourth-order valence-electron chi connectivity index (χ4n) is 2.64. The van der Waals surface area contributed by atoms with E-state index in [-0.39, 0.29) is 0 Å². The number of nitrogens with zero attached hydrogens (tertiary/aromatic N) is 2.